The van der Waals surface area contributed by atoms with E-state index in [1.807, 2.05) is 17.8 Å². The third kappa shape index (κ3) is 4.55. The second-order valence-electron chi connectivity index (χ2n) is 4.76. The summed E-state index contributed by atoms with van der Waals surface area (Å²) in [6.07, 6.45) is 1.67. The fourth-order valence-electron chi connectivity index (χ4n) is 2.18. The van der Waals surface area contributed by atoms with Crippen LogP contribution in [0.25, 0.3) is 0 Å². The van der Waals surface area contributed by atoms with E-state index in [0.29, 0.717) is 17.7 Å². The molecule has 0 spiro atoms. The van der Waals surface area contributed by atoms with Gasteiger partial charge in [0.2, 0.25) is 5.91 Å². The van der Waals surface area contributed by atoms with Crippen LogP contribution in [0.3, 0.4) is 0 Å². The first-order valence-electron chi connectivity index (χ1n) is 6.88. The summed E-state index contributed by atoms with van der Waals surface area (Å²) in [5.74, 6) is 2.35. The molecule has 0 unspecified atom stereocenters. The molecule has 0 aromatic heterocycles. The van der Waals surface area contributed by atoms with Gasteiger partial charge in [-0.15, -0.1) is 0 Å². The van der Waals surface area contributed by atoms with E-state index in [1.165, 1.54) is 12.2 Å². The van der Waals surface area contributed by atoms with Crippen LogP contribution in [-0.4, -0.2) is 41.9 Å². The number of anilines is 1. The van der Waals surface area contributed by atoms with Crippen LogP contribution in [0.2, 0.25) is 0 Å². The molecule has 1 amide bonds. The highest BCUT2D eigenvalue weighted by molar-refractivity contribution is 7.99. The van der Waals surface area contributed by atoms with Crippen LogP contribution in [0.4, 0.5) is 5.69 Å². The summed E-state index contributed by atoms with van der Waals surface area (Å²) in [5, 5.41) is 11.8. The van der Waals surface area contributed by atoms with E-state index in [1.54, 1.807) is 18.2 Å². The topological polar surface area (TPSA) is 56.1 Å². The van der Waals surface area contributed by atoms with Crippen molar-refractivity contribution in [2.45, 2.75) is 12.8 Å². The van der Waals surface area contributed by atoms with E-state index in [4.69, 9.17) is 5.26 Å². The summed E-state index contributed by atoms with van der Waals surface area (Å²) in [6.45, 7) is 2.93. The third-order valence-corrected chi connectivity index (χ3v) is 4.34. The largest absolute Gasteiger partial charge is 0.325 e. The van der Waals surface area contributed by atoms with Gasteiger partial charge in [-0.25, -0.2) is 0 Å². The maximum absolute atomic E-state index is 12.0. The van der Waals surface area contributed by atoms with E-state index >= 15 is 0 Å². The number of benzene rings is 1. The van der Waals surface area contributed by atoms with Crippen molar-refractivity contribution in [1.82, 2.24) is 4.90 Å². The molecule has 5 heteroatoms. The lowest BCUT2D eigenvalue weighted by molar-refractivity contribution is -0.116. The van der Waals surface area contributed by atoms with Crippen LogP contribution in [0.1, 0.15) is 18.4 Å². The molecule has 0 atom stereocenters. The SMILES string of the molecule is N#Cc1ccccc1NC(=O)CCN1CCCSCC1. The molecule has 106 valence electrons. The van der Waals surface area contributed by atoms with Gasteiger partial charge >= 0.3 is 0 Å². The maximum Gasteiger partial charge on any atom is 0.225 e. The molecular formula is C15H19N3OS. The van der Waals surface area contributed by atoms with E-state index in [-0.39, 0.29) is 5.91 Å². The van der Waals surface area contributed by atoms with Crippen LogP contribution < -0.4 is 5.32 Å². The highest BCUT2D eigenvalue weighted by atomic mass is 32.2. The Hall–Kier alpha value is -1.51. The molecule has 1 aromatic rings. The number of thioether (sulfide) groups is 1. The zero-order chi connectivity index (χ0) is 14.2. The summed E-state index contributed by atoms with van der Waals surface area (Å²) in [4.78, 5) is 14.3. The Balaban J connectivity index is 1.81. The van der Waals surface area contributed by atoms with Crippen LogP contribution >= 0.6 is 11.8 Å². The lowest BCUT2D eigenvalue weighted by Crippen LogP contribution is -2.29. The second kappa shape index (κ2) is 7.93. The minimum atomic E-state index is -0.0235. The molecular weight excluding hydrogens is 270 g/mol. The molecule has 1 heterocycles. The smallest absolute Gasteiger partial charge is 0.225 e. The van der Waals surface area contributed by atoms with Crippen molar-refractivity contribution in [3.05, 3.63) is 29.8 Å². The molecule has 1 saturated heterocycles. The van der Waals surface area contributed by atoms with Crippen molar-refractivity contribution in [3.8, 4) is 6.07 Å². The summed E-state index contributed by atoms with van der Waals surface area (Å²) < 4.78 is 0. The average molecular weight is 289 g/mol. The normalized spacial score (nSPS) is 16.1. The number of nitrogens with one attached hydrogen (secondary N) is 1. The van der Waals surface area contributed by atoms with Crippen LogP contribution in [-0.2, 0) is 4.79 Å². The lowest BCUT2D eigenvalue weighted by atomic mass is 10.2. The van der Waals surface area contributed by atoms with Gasteiger partial charge in [-0.1, -0.05) is 12.1 Å². The molecule has 0 saturated carbocycles. The van der Waals surface area contributed by atoms with E-state index in [0.717, 1.165) is 25.4 Å². The summed E-state index contributed by atoms with van der Waals surface area (Å²) in [5.41, 5.74) is 1.11. The van der Waals surface area contributed by atoms with Crippen molar-refractivity contribution in [2.75, 3.05) is 36.5 Å². The summed E-state index contributed by atoms with van der Waals surface area (Å²) in [6, 6.07) is 9.18. The predicted molar refractivity (Wildman–Crippen MR) is 82.8 cm³/mol. The van der Waals surface area contributed by atoms with Crippen molar-refractivity contribution < 1.29 is 4.79 Å². The fourth-order valence-corrected chi connectivity index (χ4v) is 3.11. The number of hydrogen-bond donors (Lipinski definition) is 1. The third-order valence-electron chi connectivity index (χ3n) is 3.29. The Morgan fingerprint density at radius 2 is 2.20 bits per heavy atom. The maximum atomic E-state index is 12.0. The lowest BCUT2D eigenvalue weighted by Gasteiger charge is -2.18. The molecule has 1 aromatic carbocycles. The Morgan fingerprint density at radius 3 is 3.05 bits per heavy atom. The summed E-state index contributed by atoms with van der Waals surface area (Å²) >= 11 is 1.98. The standard InChI is InChI=1S/C15H19N3OS/c16-12-13-4-1-2-5-14(13)17-15(19)6-8-18-7-3-10-20-11-9-18/h1-2,4-5H,3,6-11H2,(H,17,19). The van der Waals surface area contributed by atoms with E-state index in [9.17, 15) is 4.79 Å². The quantitative estimate of drug-likeness (QED) is 0.924. The van der Waals surface area contributed by atoms with Gasteiger partial charge in [0.15, 0.2) is 0 Å². The molecule has 1 aliphatic rings. The number of nitrogens with zero attached hydrogens (tertiary/aromatic N) is 2. The minimum Gasteiger partial charge on any atom is -0.325 e. The number of para-hydroxylation sites is 1. The van der Waals surface area contributed by atoms with Crippen molar-refractivity contribution in [3.63, 3.8) is 0 Å². The van der Waals surface area contributed by atoms with E-state index in [2.05, 4.69) is 16.3 Å². The monoisotopic (exact) mass is 289 g/mol. The van der Waals surface area contributed by atoms with Gasteiger partial charge in [0.25, 0.3) is 0 Å². The van der Waals surface area contributed by atoms with Crippen molar-refractivity contribution in [1.29, 1.82) is 5.26 Å². The number of amides is 1. The van der Waals surface area contributed by atoms with Crippen LogP contribution in [0, 0.1) is 11.3 Å². The van der Waals surface area contributed by atoms with Gasteiger partial charge in [0.1, 0.15) is 6.07 Å². The van der Waals surface area contributed by atoms with Gasteiger partial charge in [0, 0.05) is 25.3 Å². The predicted octanol–water partition coefficient (Wildman–Crippen LogP) is 2.33. The van der Waals surface area contributed by atoms with Crippen molar-refractivity contribution >= 4 is 23.4 Å². The first-order chi connectivity index (χ1) is 9.79. The molecule has 0 aliphatic carbocycles. The zero-order valence-corrected chi connectivity index (χ0v) is 12.3. The average Bonchev–Trinajstić information content (AvgIpc) is 2.74. The number of hydrogen-bond acceptors (Lipinski definition) is 4. The minimum absolute atomic E-state index is 0.0235. The van der Waals surface area contributed by atoms with Gasteiger partial charge < -0.3 is 10.2 Å². The Morgan fingerprint density at radius 1 is 1.35 bits per heavy atom. The first-order valence-corrected chi connectivity index (χ1v) is 8.04. The van der Waals surface area contributed by atoms with Gasteiger partial charge in [-0.05, 0) is 30.9 Å². The van der Waals surface area contributed by atoms with Gasteiger partial charge in [0.05, 0.1) is 11.3 Å². The number of rotatable bonds is 4. The second-order valence-corrected chi connectivity index (χ2v) is 5.99. The number of nitriles is 1. The van der Waals surface area contributed by atoms with E-state index < -0.39 is 0 Å². The van der Waals surface area contributed by atoms with Crippen LogP contribution in [0.15, 0.2) is 24.3 Å². The molecule has 1 N–H and O–H groups in total. The fraction of sp³-hybridized carbons (Fsp3) is 0.467. The Labute approximate surface area is 124 Å². The Kier molecular flexibility index (Phi) is 5.90. The first kappa shape index (κ1) is 14.9. The molecule has 1 fully saturated rings. The zero-order valence-electron chi connectivity index (χ0n) is 11.5. The number of carbonyl (C=O) groups excluding carboxylic acids is 1. The molecule has 2 rings (SSSR count). The molecule has 4 nitrogen and oxygen atoms in total. The highest BCUT2D eigenvalue weighted by Crippen LogP contribution is 2.14. The number of carbonyl (C=O) groups is 1. The molecule has 0 bridgehead atoms. The Bertz CT molecular complexity index is 490. The van der Waals surface area contributed by atoms with Crippen LogP contribution in [0.5, 0.6) is 0 Å². The molecule has 20 heavy (non-hydrogen) atoms. The summed E-state index contributed by atoms with van der Waals surface area (Å²) in [7, 11) is 0. The van der Waals surface area contributed by atoms with Crippen molar-refractivity contribution in [2.24, 2.45) is 0 Å². The van der Waals surface area contributed by atoms with Gasteiger partial charge in [-0.3, -0.25) is 4.79 Å². The highest BCUT2D eigenvalue weighted by Gasteiger charge is 2.12. The molecule has 1 aliphatic heterocycles. The molecule has 0 radical (unpaired) electrons. The van der Waals surface area contributed by atoms with Gasteiger partial charge in [-0.2, -0.15) is 17.0 Å².